The second-order valence-electron chi connectivity index (χ2n) is 4.66. The lowest BCUT2D eigenvalue weighted by Crippen LogP contribution is -2.45. The standard InChI is InChI=1S/C13H26N2O3/c1-5-10(6-2)9(4)15-13(18)14-8-11(7-3)12(16)17/h9-11H,5-8H2,1-4H3,(H,16,17)(H2,14,15,18). The first-order valence-corrected chi connectivity index (χ1v) is 6.73. The van der Waals surface area contributed by atoms with Crippen molar-refractivity contribution >= 4 is 12.0 Å². The highest BCUT2D eigenvalue weighted by molar-refractivity contribution is 5.76. The Bertz CT molecular complexity index is 265. The van der Waals surface area contributed by atoms with Crippen LogP contribution in [-0.2, 0) is 4.79 Å². The lowest BCUT2D eigenvalue weighted by atomic mass is 9.96. The van der Waals surface area contributed by atoms with Crippen molar-refractivity contribution in [3.8, 4) is 0 Å². The minimum absolute atomic E-state index is 0.102. The van der Waals surface area contributed by atoms with E-state index in [1.54, 1.807) is 6.92 Å². The summed E-state index contributed by atoms with van der Waals surface area (Å²) in [6, 6.07) is -0.181. The largest absolute Gasteiger partial charge is 0.481 e. The highest BCUT2D eigenvalue weighted by atomic mass is 16.4. The van der Waals surface area contributed by atoms with Crippen LogP contribution in [0.3, 0.4) is 0 Å². The van der Waals surface area contributed by atoms with Crippen molar-refractivity contribution in [2.75, 3.05) is 6.54 Å². The molecule has 0 aromatic carbocycles. The van der Waals surface area contributed by atoms with Crippen molar-refractivity contribution in [3.05, 3.63) is 0 Å². The second-order valence-corrected chi connectivity index (χ2v) is 4.66. The van der Waals surface area contributed by atoms with Gasteiger partial charge in [-0.1, -0.05) is 33.6 Å². The van der Waals surface area contributed by atoms with Gasteiger partial charge in [-0.05, 0) is 19.3 Å². The van der Waals surface area contributed by atoms with E-state index < -0.39 is 11.9 Å². The van der Waals surface area contributed by atoms with E-state index in [0.29, 0.717) is 12.3 Å². The topological polar surface area (TPSA) is 78.4 Å². The van der Waals surface area contributed by atoms with E-state index in [1.807, 2.05) is 6.92 Å². The molecule has 0 aromatic rings. The van der Waals surface area contributed by atoms with E-state index in [1.165, 1.54) is 0 Å². The Labute approximate surface area is 109 Å². The Morgan fingerprint density at radius 2 is 1.67 bits per heavy atom. The van der Waals surface area contributed by atoms with Gasteiger partial charge in [0.05, 0.1) is 5.92 Å². The SMILES string of the molecule is CCC(CNC(=O)NC(C)C(CC)CC)C(=O)O. The molecule has 0 aliphatic carbocycles. The lowest BCUT2D eigenvalue weighted by molar-refractivity contribution is -0.141. The molecule has 3 N–H and O–H groups in total. The minimum atomic E-state index is -0.870. The maximum atomic E-state index is 11.6. The third-order valence-electron chi connectivity index (χ3n) is 3.47. The van der Waals surface area contributed by atoms with Crippen LogP contribution in [0.4, 0.5) is 4.79 Å². The summed E-state index contributed by atoms with van der Waals surface area (Å²) in [4.78, 5) is 22.4. The molecule has 0 aliphatic rings. The first-order chi connectivity index (χ1) is 8.46. The van der Waals surface area contributed by atoms with Crippen molar-refractivity contribution in [3.63, 3.8) is 0 Å². The third kappa shape index (κ3) is 5.89. The van der Waals surface area contributed by atoms with Crippen LogP contribution in [0.1, 0.15) is 47.0 Å². The number of aliphatic carboxylic acids is 1. The molecule has 0 bridgehead atoms. The molecule has 0 aliphatic heterocycles. The van der Waals surface area contributed by atoms with Crippen LogP contribution in [0, 0.1) is 11.8 Å². The number of rotatable bonds is 8. The minimum Gasteiger partial charge on any atom is -0.481 e. The number of carbonyl (C=O) groups excluding carboxylic acids is 1. The van der Waals surface area contributed by atoms with E-state index in [4.69, 9.17) is 5.11 Å². The van der Waals surface area contributed by atoms with Crippen molar-refractivity contribution < 1.29 is 14.7 Å². The summed E-state index contributed by atoms with van der Waals surface area (Å²) in [6.45, 7) is 8.15. The van der Waals surface area contributed by atoms with Crippen LogP contribution < -0.4 is 10.6 Å². The fraction of sp³-hybridized carbons (Fsp3) is 0.846. The van der Waals surface area contributed by atoms with Crippen molar-refractivity contribution in [1.29, 1.82) is 0 Å². The van der Waals surface area contributed by atoms with E-state index >= 15 is 0 Å². The third-order valence-corrected chi connectivity index (χ3v) is 3.47. The first-order valence-electron chi connectivity index (χ1n) is 6.73. The lowest BCUT2D eigenvalue weighted by Gasteiger charge is -2.23. The summed E-state index contributed by atoms with van der Waals surface area (Å²) in [6.07, 6.45) is 2.55. The quantitative estimate of drug-likeness (QED) is 0.624. The number of carboxylic acid groups (broad SMARTS) is 1. The Morgan fingerprint density at radius 1 is 1.11 bits per heavy atom. The highest BCUT2D eigenvalue weighted by Crippen LogP contribution is 2.12. The summed E-state index contributed by atoms with van der Waals surface area (Å²) < 4.78 is 0. The molecule has 0 fully saturated rings. The number of amides is 2. The number of hydrogen-bond acceptors (Lipinski definition) is 2. The summed E-state index contributed by atoms with van der Waals surface area (Å²) >= 11 is 0. The van der Waals surface area contributed by atoms with Gasteiger partial charge in [-0.25, -0.2) is 4.79 Å². The fourth-order valence-corrected chi connectivity index (χ4v) is 1.99. The van der Waals surface area contributed by atoms with Gasteiger partial charge in [0, 0.05) is 12.6 Å². The summed E-state index contributed by atoms with van der Waals surface area (Å²) in [5.74, 6) is -0.928. The van der Waals surface area contributed by atoms with E-state index in [0.717, 1.165) is 12.8 Å². The maximum Gasteiger partial charge on any atom is 0.315 e. The molecule has 2 amide bonds. The van der Waals surface area contributed by atoms with Crippen molar-refractivity contribution in [1.82, 2.24) is 10.6 Å². The van der Waals surface area contributed by atoms with Gasteiger partial charge in [-0.15, -0.1) is 0 Å². The van der Waals surface area contributed by atoms with E-state index in [-0.39, 0.29) is 18.6 Å². The molecule has 0 saturated carbocycles. The number of urea groups is 1. The van der Waals surface area contributed by atoms with Crippen LogP contribution in [0.15, 0.2) is 0 Å². The highest BCUT2D eigenvalue weighted by Gasteiger charge is 2.18. The van der Waals surface area contributed by atoms with Gasteiger partial charge in [-0.2, -0.15) is 0 Å². The first kappa shape index (κ1) is 16.7. The van der Waals surface area contributed by atoms with Gasteiger partial charge in [0.15, 0.2) is 0 Å². The molecule has 0 aromatic heterocycles. The molecule has 5 nitrogen and oxygen atoms in total. The van der Waals surface area contributed by atoms with E-state index in [2.05, 4.69) is 24.5 Å². The van der Waals surface area contributed by atoms with Gasteiger partial charge in [0.2, 0.25) is 0 Å². The predicted molar refractivity (Wildman–Crippen MR) is 71.5 cm³/mol. The molecule has 0 rings (SSSR count). The Hall–Kier alpha value is -1.26. The van der Waals surface area contributed by atoms with Crippen LogP contribution in [0.2, 0.25) is 0 Å². The zero-order valence-corrected chi connectivity index (χ0v) is 11.8. The summed E-state index contributed by atoms with van der Waals surface area (Å²) in [5, 5.41) is 14.3. The molecule has 0 heterocycles. The van der Waals surface area contributed by atoms with Gasteiger partial charge < -0.3 is 15.7 Å². The maximum absolute atomic E-state index is 11.6. The molecular weight excluding hydrogens is 232 g/mol. The number of hydrogen-bond donors (Lipinski definition) is 3. The molecule has 0 saturated heterocycles. The fourth-order valence-electron chi connectivity index (χ4n) is 1.99. The molecule has 18 heavy (non-hydrogen) atoms. The van der Waals surface area contributed by atoms with Crippen molar-refractivity contribution in [2.24, 2.45) is 11.8 Å². The summed E-state index contributed by atoms with van der Waals surface area (Å²) in [5.41, 5.74) is 0. The molecule has 0 spiro atoms. The predicted octanol–water partition coefficient (Wildman–Crippen LogP) is 2.22. The van der Waals surface area contributed by atoms with Gasteiger partial charge in [-0.3, -0.25) is 4.79 Å². The van der Waals surface area contributed by atoms with Gasteiger partial charge in [0.1, 0.15) is 0 Å². The molecule has 2 atom stereocenters. The molecular formula is C13H26N2O3. The zero-order chi connectivity index (χ0) is 14.1. The average molecular weight is 258 g/mol. The molecule has 0 radical (unpaired) electrons. The van der Waals surface area contributed by atoms with E-state index in [9.17, 15) is 9.59 Å². The van der Waals surface area contributed by atoms with Gasteiger partial charge in [0.25, 0.3) is 0 Å². The number of nitrogens with one attached hydrogen (secondary N) is 2. The normalized spacial score (nSPS) is 14.1. The van der Waals surface area contributed by atoms with Crippen LogP contribution >= 0.6 is 0 Å². The van der Waals surface area contributed by atoms with Gasteiger partial charge >= 0.3 is 12.0 Å². The summed E-state index contributed by atoms with van der Waals surface area (Å²) in [7, 11) is 0. The monoisotopic (exact) mass is 258 g/mol. The van der Waals surface area contributed by atoms with Crippen molar-refractivity contribution in [2.45, 2.75) is 53.0 Å². The number of carboxylic acids is 1. The molecule has 5 heteroatoms. The Balaban J connectivity index is 4.07. The van der Waals surface area contributed by atoms with Crippen LogP contribution in [-0.4, -0.2) is 29.7 Å². The molecule has 106 valence electrons. The Kier molecular flexibility index (Phi) is 8.16. The van der Waals surface area contributed by atoms with Crippen LogP contribution in [0.5, 0.6) is 0 Å². The Morgan fingerprint density at radius 3 is 2.06 bits per heavy atom. The second kappa shape index (κ2) is 8.78. The zero-order valence-electron chi connectivity index (χ0n) is 11.8. The average Bonchev–Trinajstić information content (AvgIpc) is 2.30. The smallest absolute Gasteiger partial charge is 0.315 e. The molecule has 2 unspecified atom stereocenters. The number of carbonyl (C=O) groups is 2. The van der Waals surface area contributed by atoms with Crippen LogP contribution in [0.25, 0.3) is 0 Å².